The lowest BCUT2D eigenvalue weighted by Gasteiger charge is -2.15. The normalized spacial score (nSPS) is 14.7. The summed E-state index contributed by atoms with van der Waals surface area (Å²) in [5.74, 6) is -0.812. The monoisotopic (exact) mass is 602 g/mol. The summed E-state index contributed by atoms with van der Waals surface area (Å²) in [6.07, 6.45) is -4.67. The van der Waals surface area contributed by atoms with Gasteiger partial charge in [0.25, 0.3) is 0 Å². The van der Waals surface area contributed by atoms with Crippen molar-refractivity contribution in [3.63, 3.8) is 0 Å². The van der Waals surface area contributed by atoms with Crippen LogP contribution in [0.2, 0.25) is 0 Å². The van der Waals surface area contributed by atoms with E-state index in [4.69, 9.17) is 4.74 Å². The highest BCUT2D eigenvalue weighted by Gasteiger charge is 2.51. The zero-order chi connectivity index (χ0) is 30.4. The number of alkyl halides is 3. The third-order valence-electron chi connectivity index (χ3n) is 7.70. The number of fused-ring (bicyclic) bond motifs is 1. The molecule has 1 saturated carbocycles. The lowest BCUT2D eigenvalue weighted by atomic mass is 9.93. The average Bonchev–Trinajstić information content (AvgIpc) is 3.75. The van der Waals surface area contributed by atoms with Gasteiger partial charge in [-0.05, 0) is 59.7 Å². The smallest absolute Gasteiger partial charge is 0.433 e. The zero-order valence-corrected chi connectivity index (χ0v) is 23.6. The van der Waals surface area contributed by atoms with E-state index in [0.717, 1.165) is 39.7 Å². The Kier molecular flexibility index (Phi) is 7.17. The number of thiophene rings is 1. The summed E-state index contributed by atoms with van der Waals surface area (Å²) in [4.78, 5) is 29.1. The van der Waals surface area contributed by atoms with Crippen molar-refractivity contribution in [3.8, 4) is 21.6 Å². The Morgan fingerprint density at radius 2 is 1.51 bits per heavy atom. The molecule has 2 N–H and O–H groups in total. The zero-order valence-electron chi connectivity index (χ0n) is 22.8. The van der Waals surface area contributed by atoms with E-state index >= 15 is 0 Å². The third kappa shape index (κ3) is 5.58. The van der Waals surface area contributed by atoms with Gasteiger partial charge in [0.15, 0.2) is 0 Å². The van der Waals surface area contributed by atoms with Crippen molar-refractivity contribution in [1.29, 1.82) is 0 Å². The van der Waals surface area contributed by atoms with E-state index in [1.807, 2.05) is 78.9 Å². The van der Waals surface area contributed by atoms with E-state index in [9.17, 15) is 27.9 Å². The van der Waals surface area contributed by atoms with E-state index in [2.05, 4.69) is 10.3 Å². The van der Waals surface area contributed by atoms with Gasteiger partial charge in [-0.2, -0.15) is 13.2 Å². The molecule has 0 aliphatic heterocycles. The minimum atomic E-state index is -4.61. The first kappa shape index (κ1) is 28.4. The second kappa shape index (κ2) is 10.9. The number of amides is 1. The molecule has 218 valence electrons. The van der Waals surface area contributed by atoms with Gasteiger partial charge < -0.3 is 9.84 Å². The van der Waals surface area contributed by atoms with E-state index in [1.165, 1.54) is 6.07 Å². The minimum absolute atomic E-state index is 0.128. The van der Waals surface area contributed by atoms with Crippen LogP contribution in [0.25, 0.3) is 31.8 Å². The number of aromatic nitrogens is 1. The number of carboxylic acid groups (broad SMARTS) is 1. The summed E-state index contributed by atoms with van der Waals surface area (Å²) in [5.41, 5.74) is 2.52. The highest BCUT2D eigenvalue weighted by Crippen LogP contribution is 2.49. The molecule has 0 saturated heterocycles. The average molecular weight is 603 g/mol. The maximum Gasteiger partial charge on any atom is 0.433 e. The van der Waals surface area contributed by atoms with Gasteiger partial charge in [-0.3, -0.25) is 10.1 Å². The Morgan fingerprint density at radius 3 is 2.09 bits per heavy atom. The molecule has 2 heterocycles. The number of aliphatic carboxylic acids is 1. The minimum Gasteiger partial charge on any atom is -0.481 e. The van der Waals surface area contributed by atoms with Gasteiger partial charge >= 0.3 is 18.2 Å². The maximum atomic E-state index is 13.4. The molecule has 0 radical (unpaired) electrons. The van der Waals surface area contributed by atoms with Crippen molar-refractivity contribution in [1.82, 2.24) is 4.98 Å². The molecule has 1 aliphatic rings. The second-order valence-electron chi connectivity index (χ2n) is 10.5. The molecule has 10 heteroatoms. The molecule has 1 fully saturated rings. The molecule has 1 unspecified atom stereocenters. The highest BCUT2D eigenvalue weighted by atomic mass is 32.1. The number of carbonyl (C=O) groups is 2. The molecule has 0 bridgehead atoms. The van der Waals surface area contributed by atoms with Gasteiger partial charge in [-0.1, -0.05) is 78.9 Å². The molecule has 3 aromatic carbocycles. The van der Waals surface area contributed by atoms with Crippen molar-refractivity contribution in [2.75, 3.05) is 5.32 Å². The summed E-state index contributed by atoms with van der Waals surface area (Å²) in [5, 5.41) is 12.7. The Morgan fingerprint density at radius 1 is 0.907 bits per heavy atom. The van der Waals surface area contributed by atoms with E-state index in [0.29, 0.717) is 34.4 Å². The van der Waals surface area contributed by atoms with Crippen LogP contribution in [-0.2, 0) is 21.1 Å². The molecule has 6 nitrogen and oxygen atoms in total. The first-order valence-corrected chi connectivity index (χ1v) is 14.3. The number of hydrogen-bond donors (Lipinski definition) is 2. The first-order chi connectivity index (χ1) is 20.5. The number of halogens is 3. The number of anilines is 1. The predicted molar refractivity (Wildman–Crippen MR) is 159 cm³/mol. The summed E-state index contributed by atoms with van der Waals surface area (Å²) in [6, 6.07) is 26.2. The fourth-order valence-electron chi connectivity index (χ4n) is 5.09. The van der Waals surface area contributed by atoms with Crippen molar-refractivity contribution in [2.45, 2.75) is 37.5 Å². The molecule has 43 heavy (non-hydrogen) atoms. The van der Waals surface area contributed by atoms with E-state index in [-0.39, 0.29) is 4.83 Å². The SMILES string of the molecule is CC(OC(=O)Nc1c(-c2ccc(-c3ccc(C4(C(=O)O)CC4)cc3)cc2)sc2nc(C(F)(F)F)ccc12)c1ccccc1. The first-order valence-electron chi connectivity index (χ1n) is 13.5. The third-order valence-corrected chi connectivity index (χ3v) is 8.85. The number of carboxylic acids is 1. The number of ether oxygens (including phenoxy) is 1. The number of nitrogens with one attached hydrogen (secondary N) is 1. The van der Waals surface area contributed by atoms with Crippen molar-refractivity contribution >= 4 is 39.3 Å². The topological polar surface area (TPSA) is 88.5 Å². The Labute approximate surface area is 248 Å². The molecule has 0 spiro atoms. The Balaban J connectivity index is 1.31. The highest BCUT2D eigenvalue weighted by molar-refractivity contribution is 7.22. The molecule has 5 aromatic rings. The summed E-state index contributed by atoms with van der Waals surface area (Å²) in [7, 11) is 0. The van der Waals surface area contributed by atoms with E-state index < -0.39 is 35.5 Å². The Hall–Kier alpha value is -4.70. The van der Waals surface area contributed by atoms with Gasteiger partial charge in [0.05, 0.1) is 16.0 Å². The molecular formula is C33H25F3N2O4S. The lowest BCUT2D eigenvalue weighted by molar-refractivity contribution is -0.141. The van der Waals surface area contributed by atoms with Crippen LogP contribution in [0.3, 0.4) is 0 Å². The van der Waals surface area contributed by atoms with Crippen LogP contribution in [0.1, 0.15) is 42.7 Å². The fraction of sp³-hybridized carbons (Fsp3) is 0.182. The van der Waals surface area contributed by atoms with Crippen LogP contribution in [0.15, 0.2) is 91.0 Å². The number of hydrogen-bond acceptors (Lipinski definition) is 5. The summed E-state index contributed by atoms with van der Waals surface area (Å²) >= 11 is 1.04. The largest absolute Gasteiger partial charge is 0.481 e. The lowest BCUT2D eigenvalue weighted by Crippen LogP contribution is -2.19. The molecule has 1 amide bonds. The van der Waals surface area contributed by atoms with E-state index in [1.54, 1.807) is 6.92 Å². The predicted octanol–water partition coefficient (Wildman–Crippen LogP) is 9.07. The second-order valence-corrected chi connectivity index (χ2v) is 11.5. The van der Waals surface area contributed by atoms with Crippen molar-refractivity contribution < 1.29 is 32.6 Å². The number of rotatable bonds is 7. The van der Waals surface area contributed by atoms with Gasteiger partial charge in [0.2, 0.25) is 0 Å². The summed E-state index contributed by atoms with van der Waals surface area (Å²) < 4.78 is 45.8. The van der Waals surface area contributed by atoms with Crippen LogP contribution in [0.5, 0.6) is 0 Å². The van der Waals surface area contributed by atoms with Crippen molar-refractivity contribution in [2.24, 2.45) is 0 Å². The molecular weight excluding hydrogens is 577 g/mol. The van der Waals surface area contributed by atoms with Gasteiger partial charge in [-0.25, -0.2) is 9.78 Å². The van der Waals surface area contributed by atoms with Crippen LogP contribution in [-0.4, -0.2) is 22.2 Å². The maximum absolute atomic E-state index is 13.4. The number of nitrogens with zero attached hydrogens (tertiary/aromatic N) is 1. The van der Waals surface area contributed by atoms with Crippen LogP contribution in [0, 0.1) is 0 Å². The standard InChI is InChI=1S/C33H25F3N2O4S/c1-19(20-5-3-2-4-6-20)42-31(41)38-27-25-15-16-26(33(34,35)36)37-29(25)43-28(27)23-9-7-21(8-10-23)22-11-13-24(14-12-22)32(17-18-32)30(39)40/h2-16,19H,17-18H2,1H3,(H,38,41)(H,39,40). The molecule has 1 atom stereocenters. The molecule has 2 aromatic heterocycles. The Bertz CT molecular complexity index is 1810. The van der Waals surface area contributed by atoms with Gasteiger partial charge in [-0.15, -0.1) is 11.3 Å². The quantitative estimate of drug-likeness (QED) is 0.194. The molecule has 6 rings (SSSR count). The van der Waals surface area contributed by atoms with Crippen LogP contribution in [0.4, 0.5) is 23.7 Å². The molecule has 1 aliphatic carbocycles. The van der Waals surface area contributed by atoms with Gasteiger partial charge in [0, 0.05) is 5.39 Å². The van der Waals surface area contributed by atoms with Crippen LogP contribution >= 0.6 is 11.3 Å². The van der Waals surface area contributed by atoms with Gasteiger partial charge in [0.1, 0.15) is 16.6 Å². The van der Waals surface area contributed by atoms with Crippen LogP contribution < -0.4 is 5.32 Å². The number of carbonyl (C=O) groups excluding carboxylic acids is 1. The summed E-state index contributed by atoms with van der Waals surface area (Å²) in [6.45, 7) is 1.73. The fourth-order valence-corrected chi connectivity index (χ4v) is 6.23. The number of pyridine rings is 1. The number of benzene rings is 3. The van der Waals surface area contributed by atoms with Crippen molar-refractivity contribution in [3.05, 3.63) is 108 Å².